The van der Waals surface area contributed by atoms with Crippen LogP contribution in [0.3, 0.4) is 0 Å². The molecule has 2 N–H and O–H groups in total. The molecule has 1 aliphatic heterocycles. The lowest BCUT2D eigenvalue weighted by Crippen LogP contribution is -2.14. The van der Waals surface area contributed by atoms with Crippen LogP contribution in [0.15, 0.2) is 24.3 Å². The van der Waals surface area contributed by atoms with Gasteiger partial charge in [0.05, 0.1) is 12.1 Å². The van der Waals surface area contributed by atoms with E-state index in [1.807, 2.05) is 18.2 Å². The molecule has 1 aromatic heterocycles. The van der Waals surface area contributed by atoms with Crippen molar-refractivity contribution in [3.8, 4) is 5.69 Å². The monoisotopic (exact) mass is 320 g/mol. The molecular formula is C15H17ClN4O2. The van der Waals surface area contributed by atoms with E-state index < -0.39 is 5.91 Å². The van der Waals surface area contributed by atoms with E-state index in [-0.39, 0.29) is 6.42 Å². The fourth-order valence-corrected chi connectivity index (χ4v) is 2.76. The number of carbonyl (C=O) groups is 1. The van der Waals surface area contributed by atoms with E-state index in [4.69, 9.17) is 22.1 Å². The first-order valence-electron chi connectivity index (χ1n) is 7.18. The molecule has 0 spiro atoms. The minimum atomic E-state index is -0.445. The summed E-state index contributed by atoms with van der Waals surface area (Å²) < 4.78 is 7.15. The van der Waals surface area contributed by atoms with Gasteiger partial charge in [-0.15, -0.1) is 0 Å². The minimum absolute atomic E-state index is 0.0295. The van der Waals surface area contributed by atoms with Gasteiger partial charge in [-0.2, -0.15) is 5.10 Å². The van der Waals surface area contributed by atoms with Gasteiger partial charge in [0, 0.05) is 24.7 Å². The highest BCUT2D eigenvalue weighted by atomic mass is 35.5. The van der Waals surface area contributed by atoms with Gasteiger partial charge in [0.1, 0.15) is 5.82 Å². The first-order chi connectivity index (χ1) is 10.6. The molecule has 1 aliphatic rings. The van der Waals surface area contributed by atoms with Gasteiger partial charge in [-0.25, -0.2) is 9.67 Å². The SMILES string of the molecule is NC(=O)Cc1nc(CC2CCOC2)n(-c2cccc(Cl)c2)n1. The molecule has 0 bridgehead atoms. The quantitative estimate of drug-likeness (QED) is 0.905. The number of hydrogen-bond donors (Lipinski definition) is 1. The lowest BCUT2D eigenvalue weighted by atomic mass is 10.0. The van der Waals surface area contributed by atoms with Gasteiger partial charge in [-0.1, -0.05) is 17.7 Å². The van der Waals surface area contributed by atoms with Gasteiger partial charge in [0.15, 0.2) is 5.82 Å². The first-order valence-corrected chi connectivity index (χ1v) is 7.56. The first kappa shape index (κ1) is 15.0. The Morgan fingerprint density at radius 2 is 2.36 bits per heavy atom. The van der Waals surface area contributed by atoms with E-state index in [1.54, 1.807) is 10.7 Å². The topological polar surface area (TPSA) is 83.0 Å². The number of amides is 1. The van der Waals surface area contributed by atoms with Gasteiger partial charge in [0.2, 0.25) is 5.91 Å². The van der Waals surface area contributed by atoms with Crippen molar-refractivity contribution in [1.29, 1.82) is 0 Å². The molecule has 1 saturated heterocycles. The Morgan fingerprint density at radius 1 is 1.50 bits per heavy atom. The number of primary amides is 1. The van der Waals surface area contributed by atoms with Gasteiger partial charge in [-0.3, -0.25) is 4.79 Å². The average Bonchev–Trinajstić information content (AvgIpc) is 3.09. The van der Waals surface area contributed by atoms with Crippen LogP contribution in [0.25, 0.3) is 5.69 Å². The molecule has 22 heavy (non-hydrogen) atoms. The third-order valence-corrected chi connectivity index (χ3v) is 3.83. The molecule has 116 valence electrons. The maximum absolute atomic E-state index is 11.1. The van der Waals surface area contributed by atoms with Gasteiger partial charge in [-0.05, 0) is 30.5 Å². The molecule has 1 unspecified atom stereocenters. The normalized spacial score (nSPS) is 17.8. The van der Waals surface area contributed by atoms with Crippen molar-refractivity contribution in [3.63, 3.8) is 0 Å². The van der Waals surface area contributed by atoms with E-state index >= 15 is 0 Å². The van der Waals surface area contributed by atoms with E-state index in [2.05, 4.69) is 10.1 Å². The fourth-order valence-electron chi connectivity index (χ4n) is 2.57. The molecule has 1 atom stereocenters. The van der Waals surface area contributed by atoms with Crippen LogP contribution in [0, 0.1) is 5.92 Å². The number of rotatable bonds is 5. The molecule has 6 nitrogen and oxygen atoms in total. The summed E-state index contributed by atoms with van der Waals surface area (Å²) in [5.74, 6) is 1.21. The number of halogens is 1. The Hall–Kier alpha value is -1.92. The molecular weight excluding hydrogens is 304 g/mol. The molecule has 2 heterocycles. The maximum Gasteiger partial charge on any atom is 0.225 e. The van der Waals surface area contributed by atoms with E-state index in [0.717, 1.165) is 37.6 Å². The number of aromatic nitrogens is 3. The molecule has 7 heteroatoms. The zero-order chi connectivity index (χ0) is 15.5. The largest absolute Gasteiger partial charge is 0.381 e. The summed E-state index contributed by atoms with van der Waals surface area (Å²) in [5.41, 5.74) is 6.06. The van der Waals surface area contributed by atoms with Crippen LogP contribution < -0.4 is 5.73 Å². The third kappa shape index (κ3) is 3.45. The molecule has 1 amide bonds. The van der Waals surface area contributed by atoms with Gasteiger partial charge >= 0.3 is 0 Å². The van der Waals surface area contributed by atoms with Crippen molar-refractivity contribution >= 4 is 17.5 Å². The van der Waals surface area contributed by atoms with Gasteiger partial charge in [0.25, 0.3) is 0 Å². The maximum atomic E-state index is 11.1. The summed E-state index contributed by atoms with van der Waals surface area (Å²) in [6.07, 6.45) is 1.79. The minimum Gasteiger partial charge on any atom is -0.381 e. The van der Waals surface area contributed by atoms with Crippen LogP contribution in [-0.2, 0) is 22.4 Å². The highest BCUT2D eigenvalue weighted by molar-refractivity contribution is 6.30. The van der Waals surface area contributed by atoms with Crippen LogP contribution in [0.4, 0.5) is 0 Å². The number of carbonyl (C=O) groups excluding carboxylic acids is 1. The highest BCUT2D eigenvalue weighted by Crippen LogP contribution is 2.21. The van der Waals surface area contributed by atoms with E-state index in [9.17, 15) is 4.79 Å². The Bertz CT molecular complexity index is 680. The summed E-state index contributed by atoms with van der Waals surface area (Å²) in [4.78, 5) is 15.6. The second kappa shape index (κ2) is 6.46. The number of benzene rings is 1. The van der Waals surface area contributed by atoms with Gasteiger partial charge < -0.3 is 10.5 Å². The van der Waals surface area contributed by atoms with Crippen LogP contribution in [0.5, 0.6) is 0 Å². The number of ether oxygens (including phenoxy) is 1. The molecule has 0 saturated carbocycles. The summed E-state index contributed by atoms with van der Waals surface area (Å²) in [7, 11) is 0. The van der Waals surface area contributed by atoms with Crippen LogP contribution in [0.1, 0.15) is 18.1 Å². The van der Waals surface area contributed by atoms with Crippen molar-refractivity contribution in [3.05, 3.63) is 40.9 Å². The smallest absolute Gasteiger partial charge is 0.225 e. The lowest BCUT2D eigenvalue weighted by Gasteiger charge is -2.09. The Morgan fingerprint density at radius 3 is 3.05 bits per heavy atom. The second-order valence-electron chi connectivity index (χ2n) is 5.41. The predicted molar refractivity (Wildman–Crippen MR) is 81.9 cm³/mol. The zero-order valence-corrected chi connectivity index (χ0v) is 12.8. The van der Waals surface area contributed by atoms with Crippen molar-refractivity contribution < 1.29 is 9.53 Å². The van der Waals surface area contributed by atoms with E-state index in [0.29, 0.717) is 16.8 Å². The summed E-state index contributed by atoms with van der Waals surface area (Å²) in [6, 6.07) is 7.38. The molecule has 0 radical (unpaired) electrons. The fraction of sp³-hybridized carbons (Fsp3) is 0.400. The summed E-state index contributed by atoms with van der Waals surface area (Å²) in [6.45, 7) is 1.51. The number of nitrogens with two attached hydrogens (primary N) is 1. The Kier molecular flexibility index (Phi) is 4.40. The predicted octanol–water partition coefficient (Wildman–Crippen LogP) is 1.53. The zero-order valence-electron chi connectivity index (χ0n) is 12.0. The molecule has 1 aromatic carbocycles. The third-order valence-electron chi connectivity index (χ3n) is 3.60. The standard InChI is InChI=1S/C15H17ClN4O2/c16-11-2-1-3-12(7-11)20-15(6-10-4-5-22-9-10)18-14(19-20)8-13(17)21/h1-3,7,10H,4-6,8-9H2,(H2,17,21). The summed E-state index contributed by atoms with van der Waals surface area (Å²) >= 11 is 6.05. The van der Waals surface area contributed by atoms with Crippen molar-refractivity contribution in [1.82, 2.24) is 14.8 Å². The molecule has 0 aliphatic carbocycles. The number of hydrogen-bond acceptors (Lipinski definition) is 4. The van der Waals surface area contributed by atoms with E-state index in [1.165, 1.54) is 0 Å². The van der Waals surface area contributed by atoms with Crippen molar-refractivity contribution in [2.75, 3.05) is 13.2 Å². The average molecular weight is 321 g/mol. The van der Waals surface area contributed by atoms with Crippen LogP contribution in [-0.4, -0.2) is 33.9 Å². The van der Waals surface area contributed by atoms with Crippen LogP contribution in [0.2, 0.25) is 5.02 Å². The second-order valence-corrected chi connectivity index (χ2v) is 5.85. The lowest BCUT2D eigenvalue weighted by molar-refractivity contribution is -0.117. The molecule has 1 fully saturated rings. The Labute approximate surface area is 133 Å². The highest BCUT2D eigenvalue weighted by Gasteiger charge is 2.21. The number of nitrogens with zero attached hydrogens (tertiary/aromatic N) is 3. The van der Waals surface area contributed by atoms with Crippen LogP contribution >= 0.6 is 11.6 Å². The summed E-state index contributed by atoms with van der Waals surface area (Å²) in [5, 5.41) is 5.03. The Balaban J connectivity index is 1.94. The molecule has 3 rings (SSSR count). The van der Waals surface area contributed by atoms with Crippen molar-refractivity contribution in [2.45, 2.75) is 19.3 Å². The van der Waals surface area contributed by atoms with Crippen molar-refractivity contribution in [2.24, 2.45) is 11.7 Å². The molecule has 2 aromatic rings.